The van der Waals surface area contributed by atoms with Gasteiger partial charge in [0.25, 0.3) is 0 Å². The van der Waals surface area contributed by atoms with Crippen molar-refractivity contribution in [1.29, 1.82) is 0 Å². The number of benzene rings is 1. The molecule has 1 aromatic carbocycles. The molecule has 0 spiro atoms. The van der Waals surface area contributed by atoms with E-state index in [1.54, 1.807) is 13.0 Å². The molecule has 0 unspecified atom stereocenters. The molecule has 0 bridgehead atoms. The number of rotatable bonds is 7. The van der Waals surface area contributed by atoms with Crippen molar-refractivity contribution < 1.29 is 14.1 Å². The molecule has 0 atom stereocenters. The topological polar surface area (TPSA) is 116 Å². The maximum atomic E-state index is 12.2. The Morgan fingerprint density at radius 3 is 2.73 bits per heavy atom. The van der Waals surface area contributed by atoms with E-state index in [0.29, 0.717) is 11.6 Å². The number of hydrogen-bond acceptors (Lipinski definition) is 7. The zero-order valence-corrected chi connectivity index (χ0v) is 17.5. The number of hydrogen-bond donors (Lipinski definition) is 3. The van der Waals surface area contributed by atoms with Gasteiger partial charge in [0.05, 0.1) is 22.5 Å². The number of aromatic amines is 1. The number of nitrogens with zero attached hydrogens (tertiary/aromatic N) is 3. The van der Waals surface area contributed by atoms with Crippen LogP contribution in [0.4, 0.5) is 11.8 Å². The molecule has 1 saturated heterocycles. The number of imidazole rings is 1. The molecule has 1 aliphatic rings. The van der Waals surface area contributed by atoms with E-state index in [-0.39, 0.29) is 29.4 Å². The first-order valence-corrected chi connectivity index (χ1v) is 11.0. The average molecular weight is 429 g/mol. The molecule has 2 aromatic heterocycles. The highest BCUT2D eigenvalue weighted by Crippen LogP contribution is 2.21. The first-order valence-electron chi connectivity index (χ1n) is 9.87. The van der Waals surface area contributed by atoms with Gasteiger partial charge in [-0.05, 0) is 31.9 Å². The first-order chi connectivity index (χ1) is 14.6. The van der Waals surface area contributed by atoms with Crippen LogP contribution in [0, 0.1) is 6.92 Å². The number of carbonyl (C=O) groups is 2. The zero-order chi connectivity index (χ0) is 20.9. The van der Waals surface area contributed by atoms with Crippen LogP contribution in [-0.2, 0) is 9.59 Å². The molecule has 10 heteroatoms. The summed E-state index contributed by atoms with van der Waals surface area (Å²) in [4.78, 5) is 34.3. The monoisotopic (exact) mass is 428 g/mol. The van der Waals surface area contributed by atoms with Gasteiger partial charge in [-0.15, -0.1) is 11.8 Å². The van der Waals surface area contributed by atoms with Gasteiger partial charge in [0.1, 0.15) is 5.76 Å². The van der Waals surface area contributed by atoms with Crippen molar-refractivity contribution in [2.45, 2.75) is 25.8 Å². The molecule has 3 heterocycles. The van der Waals surface area contributed by atoms with E-state index in [4.69, 9.17) is 4.52 Å². The molecule has 0 radical (unpaired) electrons. The lowest BCUT2D eigenvalue weighted by atomic mass is 10.1. The molecule has 158 valence electrons. The fourth-order valence-electron chi connectivity index (χ4n) is 3.43. The standard InChI is InChI=1S/C20H24N6O3S/c1-13-10-17(25-29-13)24-19(28)12-30-11-18(27)21-14-6-8-26(9-7-14)20-22-15-4-2-3-5-16(15)23-20/h2-5,10,14H,6-9,11-12H2,1H3,(H,21,27)(H,22,23)(H,24,25,28). The van der Waals surface area contributed by atoms with E-state index in [2.05, 4.69) is 30.7 Å². The number of thioether (sulfide) groups is 1. The van der Waals surface area contributed by atoms with Crippen LogP contribution in [0.2, 0.25) is 0 Å². The molecule has 0 aliphatic carbocycles. The van der Waals surface area contributed by atoms with E-state index in [1.165, 1.54) is 11.8 Å². The second kappa shape index (κ2) is 9.21. The number of amides is 2. The van der Waals surface area contributed by atoms with Crippen molar-refractivity contribution in [3.8, 4) is 0 Å². The fourth-order valence-corrected chi connectivity index (χ4v) is 4.06. The van der Waals surface area contributed by atoms with Crippen LogP contribution < -0.4 is 15.5 Å². The third kappa shape index (κ3) is 5.12. The van der Waals surface area contributed by atoms with Crippen LogP contribution in [0.15, 0.2) is 34.9 Å². The maximum absolute atomic E-state index is 12.2. The largest absolute Gasteiger partial charge is 0.360 e. The highest BCUT2D eigenvalue weighted by Gasteiger charge is 2.22. The van der Waals surface area contributed by atoms with Crippen molar-refractivity contribution in [3.63, 3.8) is 0 Å². The number of piperidine rings is 1. The number of anilines is 2. The molecule has 2 amide bonds. The molecular formula is C20H24N6O3S. The predicted octanol–water partition coefficient (Wildman–Crippen LogP) is 2.32. The minimum Gasteiger partial charge on any atom is -0.360 e. The molecule has 0 saturated carbocycles. The molecular weight excluding hydrogens is 404 g/mol. The van der Waals surface area contributed by atoms with Gasteiger partial charge in [-0.2, -0.15) is 0 Å². The van der Waals surface area contributed by atoms with E-state index in [0.717, 1.165) is 42.9 Å². The number of H-pyrrole nitrogens is 1. The van der Waals surface area contributed by atoms with Crippen LogP contribution in [0.1, 0.15) is 18.6 Å². The molecule has 4 rings (SSSR count). The second-order valence-corrected chi connectivity index (χ2v) is 8.26. The zero-order valence-electron chi connectivity index (χ0n) is 16.7. The third-order valence-corrected chi connectivity index (χ3v) is 5.83. The smallest absolute Gasteiger partial charge is 0.235 e. The number of carbonyl (C=O) groups excluding carboxylic acids is 2. The second-order valence-electron chi connectivity index (χ2n) is 7.27. The van der Waals surface area contributed by atoms with Gasteiger partial charge in [-0.1, -0.05) is 17.3 Å². The maximum Gasteiger partial charge on any atom is 0.235 e. The summed E-state index contributed by atoms with van der Waals surface area (Å²) in [6, 6.07) is 9.77. The van der Waals surface area contributed by atoms with Gasteiger partial charge >= 0.3 is 0 Å². The van der Waals surface area contributed by atoms with Crippen LogP contribution in [0.25, 0.3) is 11.0 Å². The molecule has 9 nitrogen and oxygen atoms in total. The summed E-state index contributed by atoms with van der Waals surface area (Å²) >= 11 is 1.28. The molecule has 30 heavy (non-hydrogen) atoms. The van der Waals surface area contributed by atoms with Crippen molar-refractivity contribution in [2.75, 3.05) is 34.8 Å². The Kier molecular flexibility index (Phi) is 6.22. The van der Waals surface area contributed by atoms with Gasteiger partial charge in [-0.25, -0.2) is 4.98 Å². The Morgan fingerprint density at radius 1 is 1.23 bits per heavy atom. The van der Waals surface area contributed by atoms with E-state index < -0.39 is 0 Å². The lowest BCUT2D eigenvalue weighted by Gasteiger charge is -2.32. The Labute approximate surface area is 178 Å². The van der Waals surface area contributed by atoms with E-state index in [1.807, 2.05) is 24.3 Å². The quantitative estimate of drug-likeness (QED) is 0.529. The SMILES string of the molecule is Cc1cc(NC(=O)CSCC(=O)NC2CCN(c3nc4ccccc4[nH]3)CC2)no1. The minimum absolute atomic E-state index is 0.0488. The predicted molar refractivity (Wildman–Crippen MR) is 117 cm³/mol. The van der Waals surface area contributed by atoms with Crippen LogP contribution in [-0.4, -0.2) is 57.6 Å². The summed E-state index contributed by atoms with van der Waals surface area (Å²) < 4.78 is 4.90. The summed E-state index contributed by atoms with van der Waals surface area (Å²) in [6.45, 7) is 3.41. The Balaban J connectivity index is 1.16. The molecule has 1 fully saturated rings. The minimum atomic E-state index is -0.208. The van der Waals surface area contributed by atoms with Crippen LogP contribution in [0.5, 0.6) is 0 Å². The number of fused-ring (bicyclic) bond motifs is 1. The van der Waals surface area contributed by atoms with Crippen molar-refractivity contribution >= 4 is 46.4 Å². The third-order valence-electron chi connectivity index (χ3n) is 4.90. The Morgan fingerprint density at radius 2 is 2.00 bits per heavy atom. The summed E-state index contributed by atoms with van der Waals surface area (Å²) in [5.41, 5.74) is 1.99. The normalized spacial score (nSPS) is 14.8. The number of aryl methyl sites for hydroxylation is 1. The number of nitrogens with one attached hydrogen (secondary N) is 3. The van der Waals surface area contributed by atoms with Crippen molar-refractivity contribution in [3.05, 3.63) is 36.1 Å². The highest BCUT2D eigenvalue weighted by molar-refractivity contribution is 8.00. The summed E-state index contributed by atoms with van der Waals surface area (Å²) in [5.74, 6) is 2.07. The van der Waals surface area contributed by atoms with Crippen LogP contribution in [0.3, 0.4) is 0 Å². The van der Waals surface area contributed by atoms with Crippen LogP contribution >= 0.6 is 11.8 Å². The molecule has 3 N–H and O–H groups in total. The molecule has 1 aliphatic heterocycles. The van der Waals surface area contributed by atoms with Gasteiger partial charge in [0.15, 0.2) is 5.82 Å². The summed E-state index contributed by atoms with van der Waals surface area (Å²) in [7, 11) is 0. The highest BCUT2D eigenvalue weighted by atomic mass is 32.2. The average Bonchev–Trinajstić information content (AvgIpc) is 3.34. The lowest BCUT2D eigenvalue weighted by Crippen LogP contribution is -2.45. The molecule has 3 aromatic rings. The Hall–Kier alpha value is -3.01. The van der Waals surface area contributed by atoms with Gasteiger partial charge in [0.2, 0.25) is 17.8 Å². The Bertz CT molecular complexity index is 991. The van der Waals surface area contributed by atoms with E-state index >= 15 is 0 Å². The van der Waals surface area contributed by atoms with E-state index in [9.17, 15) is 9.59 Å². The number of aromatic nitrogens is 3. The summed E-state index contributed by atoms with van der Waals surface area (Å²) in [6.07, 6.45) is 1.72. The fraction of sp³-hybridized carbons (Fsp3) is 0.400. The lowest BCUT2D eigenvalue weighted by molar-refractivity contribution is -0.119. The summed E-state index contributed by atoms with van der Waals surface area (Å²) in [5, 5.41) is 9.42. The van der Waals surface area contributed by atoms with Gasteiger partial charge in [-0.3, -0.25) is 9.59 Å². The van der Waals surface area contributed by atoms with Crippen molar-refractivity contribution in [1.82, 2.24) is 20.4 Å². The van der Waals surface area contributed by atoms with Gasteiger partial charge in [0, 0.05) is 25.2 Å². The van der Waals surface area contributed by atoms with Crippen molar-refractivity contribution in [2.24, 2.45) is 0 Å². The van der Waals surface area contributed by atoms with Gasteiger partial charge < -0.3 is 25.0 Å². The first kappa shape index (κ1) is 20.3. The number of para-hydroxylation sites is 2.